The van der Waals surface area contributed by atoms with Gasteiger partial charge >= 0.3 is 0 Å². The molecular formula is C20H17F2N3O. The Labute approximate surface area is 149 Å². The van der Waals surface area contributed by atoms with Gasteiger partial charge in [0.2, 0.25) is 0 Å². The molecule has 3 aromatic rings. The molecule has 0 aliphatic carbocycles. The Bertz CT molecular complexity index is 899. The number of hydrogen-bond donors (Lipinski definition) is 2. The van der Waals surface area contributed by atoms with Crippen LogP contribution in [0.3, 0.4) is 0 Å². The second-order valence-corrected chi connectivity index (χ2v) is 5.79. The van der Waals surface area contributed by atoms with E-state index in [1.54, 1.807) is 18.3 Å². The van der Waals surface area contributed by atoms with Crippen LogP contribution in [-0.2, 0) is 0 Å². The highest BCUT2D eigenvalue weighted by Gasteiger charge is 2.11. The first kappa shape index (κ1) is 17.5. The van der Waals surface area contributed by atoms with Crippen LogP contribution in [0.15, 0.2) is 66.9 Å². The van der Waals surface area contributed by atoms with Crippen molar-refractivity contribution in [1.82, 2.24) is 4.98 Å². The molecule has 1 amide bonds. The van der Waals surface area contributed by atoms with E-state index in [0.717, 1.165) is 23.4 Å². The number of hydrogen-bond acceptors (Lipinski definition) is 3. The van der Waals surface area contributed by atoms with Gasteiger partial charge in [0.15, 0.2) is 11.6 Å². The molecule has 1 atom stereocenters. The van der Waals surface area contributed by atoms with Gasteiger partial charge in [-0.1, -0.05) is 30.3 Å². The van der Waals surface area contributed by atoms with Gasteiger partial charge in [-0.25, -0.2) is 13.8 Å². The Morgan fingerprint density at radius 2 is 1.69 bits per heavy atom. The molecule has 0 radical (unpaired) electrons. The fourth-order valence-corrected chi connectivity index (χ4v) is 2.46. The molecule has 0 spiro atoms. The van der Waals surface area contributed by atoms with Crippen molar-refractivity contribution in [3.8, 4) is 0 Å². The number of aromatic nitrogens is 1. The standard InChI is InChI=1S/C20H17F2N3O/c1-13(14-5-3-2-4-6-14)24-16-8-10-19(23-12-16)20(26)25-15-7-9-17(21)18(22)11-15/h2-13,24H,1H3,(H,25,26). The summed E-state index contributed by atoms with van der Waals surface area (Å²) in [6.07, 6.45) is 1.56. The van der Waals surface area contributed by atoms with Crippen LogP contribution in [0.4, 0.5) is 20.2 Å². The predicted molar refractivity (Wildman–Crippen MR) is 97.0 cm³/mol. The lowest BCUT2D eigenvalue weighted by molar-refractivity contribution is 0.102. The average Bonchev–Trinajstić information content (AvgIpc) is 2.66. The van der Waals surface area contributed by atoms with E-state index >= 15 is 0 Å². The van der Waals surface area contributed by atoms with Crippen molar-refractivity contribution in [1.29, 1.82) is 0 Å². The van der Waals surface area contributed by atoms with Gasteiger partial charge in [-0.3, -0.25) is 4.79 Å². The lowest BCUT2D eigenvalue weighted by Gasteiger charge is -2.15. The summed E-state index contributed by atoms with van der Waals surface area (Å²) in [5.74, 6) is -2.49. The molecule has 132 valence electrons. The van der Waals surface area contributed by atoms with Gasteiger partial charge in [-0.15, -0.1) is 0 Å². The molecule has 1 heterocycles. The van der Waals surface area contributed by atoms with E-state index in [2.05, 4.69) is 15.6 Å². The van der Waals surface area contributed by atoms with Crippen LogP contribution >= 0.6 is 0 Å². The molecule has 2 aromatic carbocycles. The summed E-state index contributed by atoms with van der Waals surface area (Å²) in [6.45, 7) is 2.03. The monoisotopic (exact) mass is 353 g/mol. The molecular weight excluding hydrogens is 336 g/mol. The minimum Gasteiger partial charge on any atom is -0.377 e. The van der Waals surface area contributed by atoms with E-state index in [0.29, 0.717) is 0 Å². The summed E-state index contributed by atoms with van der Waals surface area (Å²) in [6, 6.07) is 16.5. The highest BCUT2D eigenvalue weighted by Crippen LogP contribution is 2.19. The van der Waals surface area contributed by atoms with Crippen LogP contribution in [0.5, 0.6) is 0 Å². The fourth-order valence-electron chi connectivity index (χ4n) is 2.46. The molecule has 0 aliphatic heterocycles. The molecule has 0 saturated carbocycles. The number of nitrogens with zero attached hydrogens (tertiary/aromatic N) is 1. The molecule has 6 heteroatoms. The maximum atomic E-state index is 13.2. The molecule has 0 bridgehead atoms. The third-order valence-electron chi connectivity index (χ3n) is 3.86. The zero-order valence-corrected chi connectivity index (χ0v) is 14.0. The van der Waals surface area contributed by atoms with E-state index in [1.165, 1.54) is 6.07 Å². The number of pyridine rings is 1. The van der Waals surface area contributed by atoms with Crippen LogP contribution in [0.1, 0.15) is 29.0 Å². The maximum absolute atomic E-state index is 13.2. The van der Waals surface area contributed by atoms with Gasteiger partial charge in [-0.2, -0.15) is 0 Å². The quantitative estimate of drug-likeness (QED) is 0.694. The van der Waals surface area contributed by atoms with Gasteiger partial charge in [0, 0.05) is 17.8 Å². The van der Waals surface area contributed by atoms with Crippen LogP contribution in [-0.4, -0.2) is 10.9 Å². The van der Waals surface area contributed by atoms with Crippen molar-refractivity contribution in [3.05, 3.63) is 89.8 Å². The van der Waals surface area contributed by atoms with Crippen LogP contribution < -0.4 is 10.6 Å². The van der Waals surface area contributed by atoms with E-state index < -0.39 is 17.5 Å². The predicted octanol–water partition coefficient (Wildman–Crippen LogP) is 4.79. The van der Waals surface area contributed by atoms with Crippen molar-refractivity contribution in [2.75, 3.05) is 10.6 Å². The Morgan fingerprint density at radius 1 is 0.962 bits per heavy atom. The Kier molecular flexibility index (Phi) is 5.22. The summed E-state index contributed by atoms with van der Waals surface area (Å²) < 4.78 is 26.1. The summed E-state index contributed by atoms with van der Waals surface area (Å²) in [5.41, 5.74) is 2.24. The van der Waals surface area contributed by atoms with Gasteiger partial charge in [0.1, 0.15) is 5.69 Å². The molecule has 1 aromatic heterocycles. The van der Waals surface area contributed by atoms with Crippen LogP contribution in [0, 0.1) is 11.6 Å². The second-order valence-electron chi connectivity index (χ2n) is 5.79. The molecule has 4 nitrogen and oxygen atoms in total. The third kappa shape index (κ3) is 4.22. The van der Waals surface area contributed by atoms with Crippen molar-refractivity contribution in [2.45, 2.75) is 13.0 Å². The van der Waals surface area contributed by atoms with Crippen molar-refractivity contribution >= 4 is 17.3 Å². The summed E-state index contributed by atoms with van der Waals surface area (Å²) in [5, 5.41) is 5.79. The zero-order chi connectivity index (χ0) is 18.5. The molecule has 3 rings (SSSR count). The number of anilines is 2. The number of carbonyl (C=O) groups is 1. The van der Waals surface area contributed by atoms with E-state index in [-0.39, 0.29) is 17.4 Å². The lowest BCUT2D eigenvalue weighted by Crippen LogP contribution is -2.14. The normalized spacial score (nSPS) is 11.7. The number of amides is 1. The first-order valence-electron chi connectivity index (χ1n) is 8.07. The van der Waals surface area contributed by atoms with Crippen molar-refractivity contribution < 1.29 is 13.6 Å². The van der Waals surface area contributed by atoms with Gasteiger partial charge in [-0.05, 0) is 36.8 Å². The summed E-state index contributed by atoms with van der Waals surface area (Å²) >= 11 is 0. The number of rotatable bonds is 5. The third-order valence-corrected chi connectivity index (χ3v) is 3.86. The minimum atomic E-state index is -1.02. The van der Waals surface area contributed by atoms with Gasteiger partial charge in [0.05, 0.1) is 11.9 Å². The molecule has 0 fully saturated rings. The van der Waals surface area contributed by atoms with E-state index in [4.69, 9.17) is 0 Å². The molecule has 26 heavy (non-hydrogen) atoms. The number of benzene rings is 2. The summed E-state index contributed by atoms with van der Waals surface area (Å²) in [4.78, 5) is 16.3. The number of carbonyl (C=O) groups excluding carboxylic acids is 1. The molecule has 0 saturated heterocycles. The Balaban J connectivity index is 1.65. The highest BCUT2D eigenvalue weighted by molar-refractivity contribution is 6.02. The molecule has 0 aliphatic rings. The minimum absolute atomic E-state index is 0.0832. The van der Waals surface area contributed by atoms with Crippen LogP contribution in [0.2, 0.25) is 0 Å². The van der Waals surface area contributed by atoms with Crippen LogP contribution in [0.25, 0.3) is 0 Å². The SMILES string of the molecule is CC(Nc1ccc(C(=O)Nc2ccc(F)c(F)c2)nc1)c1ccccc1. The Morgan fingerprint density at radius 3 is 2.35 bits per heavy atom. The lowest BCUT2D eigenvalue weighted by atomic mass is 10.1. The molecule has 1 unspecified atom stereocenters. The van der Waals surface area contributed by atoms with Gasteiger partial charge < -0.3 is 10.6 Å². The molecule has 2 N–H and O–H groups in total. The first-order chi connectivity index (χ1) is 12.5. The largest absolute Gasteiger partial charge is 0.377 e. The fraction of sp³-hybridized carbons (Fsp3) is 0.100. The number of halogens is 2. The zero-order valence-electron chi connectivity index (χ0n) is 14.0. The summed E-state index contributed by atoms with van der Waals surface area (Å²) in [7, 11) is 0. The number of nitrogens with one attached hydrogen (secondary N) is 2. The average molecular weight is 353 g/mol. The van der Waals surface area contributed by atoms with E-state index in [1.807, 2.05) is 37.3 Å². The second kappa shape index (κ2) is 7.74. The van der Waals surface area contributed by atoms with Gasteiger partial charge in [0.25, 0.3) is 5.91 Å². The van der Waals surface area contributed by atoms with E-state index in [9.17, 15) is 13.6 Å². The topological polar surface area (TPSA) is 54.0 Å². The first-order valence-corrected chi connectivity index (χ1v) is 8.07. The van der Waals surface area contributed by atoms with Crippen molar-refractivity contribution in [2.24, 2.45) is 0 Å². The Hall–Kier alpha value is -3.28. The maximum Gasteiger partial charge on any atom is 0.274 e. The highest BCUT2D eigenvalue weighted by atomic mass is 19.2. The van der Waals surface area contributed by atoms with Crippen molar-refractivity contribution in [3.63, 3.8) is 0 Å². The smallest absolute Gasteiger partial charge is 0.274 e.